The molecule has 1 unspecified atom stereocenters. The quantitative estimate of drug-likeness (QED) is 0.593. The summed E-state index contributed by atoms with van der Waals surface area (Å²) in [6.45, 7) is 3.71. The number of carbonyl (C=O) groups is 2. The second-order valence-electron chi connectivity index (χ2n) is 6.30. The van der Waals surface area contributed by atoms with Crippen molar-refractivity contribution in [3.63, 3.8) is 0 Å². The number of aryl methyl sites for hydroxylation is 1. The van der Waals surface area contributed by atoms with Crippen molar-refractivity contribution >= 4 is 23.2 Å². The smallest absolute Gasteiger partial charge is 0.342 e. The first-order valence-corrected chi connectivity index (χ1v) is 8.98. The third-order valence-electron chi connectivity index (χ3n) is 4.19. The Balaban J connectivity index is 1.78. The van der Waals surface area contributed by atoms with Crippen LogP contribution in [0.5, 0.6) is 5.75 Å². The van der Waals surface area contributed by atoms with Gasteiger partial charge in [0.15, 0.2) is 11.9 Å². The predicted molar refractivity (Wildman–Crippen MR) is 100 cm³/mol. The van der Waals surface area contributed by atoms with Gasteiger partial charge in [0.2, 0.25) is 0 Å². The summed E-state index contributed by atoms with van der Waals surface area (Å²) in [5.41, 5.74) is 0.789. The molecule has 0 fully saturated rings. The largest absolute Gasteiger partial charge is 0.497 e. The Kier molecular flexibility index (Phi) is 5.93. The van der Waals surface area contributed by atoms with Gasteiger partial charge in [0.1, 0.15) is 17.1 Å². The van der Waals surface area contributed by atoms with E-state index in [0.29, 0.717) is 23.4 Å². The topological polar surface area (TPSA) is 108 Å². The van der Waals surface area contributed by atoms with Crippen LogP contribution in [0.3, 0.4) is 0 Å². The lowest BCUT2D eigenvalue weighted by Gasteiger charge is -2.16. The summed E-state index contributed by atoms with van der Waals surface area (Å²) in [4.78, 5) is 25.3. The molecular weight excluding hydrogens is 364 g/mol. The summed E-state index contributed by atoms with van der Waals surface area (Å²) in [7, 11) is 1.54. The molecule has 3 aromatic heterocycles. The number of pyridine rings is 1. The minimum atomic E-state index is -0.954. The van der Waals surface area contributed by atoms with E-state index in [2.05, 4.69) is 15.6 Å². The molecule has 1 N–H and O–H groups in total. The fourth-order valence-corrected chi connectivity index (χ4v) is 2.70. The van der Waals surface area contributed by atoms with Crippen LogP contribution in [-0.2, 0) is 9.53 Å². The lowest BCUT2D eigenvalue weighted by atomic mass is 10.1. The highest BCUT2D eigenvalue weighted by Gasteiger charge is 2.26. The van der Waals surface area contributed by atoms with Crippen LogP contribution < -0.4 is 10.1 Å². The lowest BCUT2D eigenvalue weighted by molar-refractivity contribution is -0.125. The number of nitrogens with zero attached hydrogens (tertiary/aromatic N) is 3. The third-order valence-corrected chi connectivity index (χ3v) is 4.19. The van der Waals surface area contributed by atoms with Gasteiger partial charge < -0.3 is 19.3 Å². The van der Waals surface area contributed by atoms with E-state index in [1.807, 2.05) is 6.92 Å². The van der Waals surface area contributed by atoms with Gasteiger partial charge in [0, 0.05) is 18.3 Å². The van der Waals surface area contributed by atoms with Crippen LogP contribution in [0, 0.1) is 6.92 Å². The van der Waals surface area contributed by atoms with Crippen LogP contribution in [0.25, 0.3) is 5.52 Å². The second-order valence-corrected chi connectivity index (χ2v) is 6.30. The molecule has 148 valence electrons. The van der Waals surface area contributed by atoms with Crippen molar-refractivity contribution in [3.05, 3.63) is 41.9 Å². The molecule has 0 aromatic carbocycles. The van der Waals surface area contributed by atoms with Gasteiger partial charge in [-0.2, -0.15) is 5.10 Å². The van der Waals surface area contributed by atoms with E-state index < -0.39 is 18.0 Å². The molecule has 0 radical (unpaired) electrons. The third kappa shape index (κ3) is 4.30. The normalized spacial score (nSPS) is 12.0. The Morgan fingerprint density at radius 3 is 2.86 bits per heavy atom. The molecule has 3 heterocycles. The summed E-state index contributed by atoms with van der Waals surface area (Å²) < 4.78 is 17.2. The van der Waals surface area contributed by atoms with E-state index in [1.165, 1.54) is 13.3 Å². The highest BCUT2D eigenvalue weighted by atomic mass is 16.5. The first-order valence-electron chi connectivity index (χ1n) is 8.98. The number of amides is 1. The maximum absolute atomic E-state index is 12.7. The number of unbranched alkanes of at least 4 members (excludes halogenated alkanes) is 1. The molecule has 9 nitrogen and oxygen atoms in total. The van der Waals surface area contributed by atoms with Crippen molar-refractivity contribution < 1.29 is 23.6 Å². The highest BCUT2D eigenvalue weighted by Crippen LogP contribution is 2.20. The average molecular weight is 386 g/mol. The zero-order valence-corrected chi connectivity index (χ0v) is 16.0. The maximum atomic E-state index is 12.7. The van der Waals surface area contributed by atoms with Crippen molar-refractivity contribution in [2.45, 2.75) is 39.2 Å². The van der Waals surface area contributed by atoms with E-state index in [4.69, 9.17) is 14.0 Å². The molecular formula is C19H22N4O5. The fourth-order valence-electron chi connectivity index (χ4n) is 2.70. The number of ether oxygens (including phenoxy) is 2. The van der Waals surface area contributed by atoms with Gasteiger partial charge in [-0.3, -0.25) is 4.79 Å². The number of nitrogens with one attached hydrogen (secondary N) is 1. The van der Waals surface area contributed by atoms with Crippen LogP contribution in [0.2, 0.25) is 0 Å². The van der Waals surface area contributed by atoms with E-state index in [0.717, 1.165) is 12.8 Å². The van der Waals surface area contributed by atoms with E-state index in [9.17, 15) is 9.59 Å². The van der Waals surface area contributed by atoms with Gasteiger partial charge in [0.05, 0.1) is 18.8 Å². The molecule has 1 amide bonds. The molecule has 0 bridgehead atoms. The van der Waals surface area contributed by atoms with Gasteiger partial charge in [-0.1, -0.05) is 18.5 Å². The molecule has 0 spiro atoms. The monoisotopic (exact) mass is 386 g/mol. The SMILES string of the molecule is CCCCC(OC(=O)c1cnn2ccc(OC)cc12)C(=O)Nc1cc(C)on1. The summed E-state index contributed by atoms with van der Waals surface area (Å²) in [6, 6.07) is 5.00. The standard InChI is InChI=1S/C19H22N4O5/c1-4-5-6-16(18(24)21-17-9-12(2)28-22-17)27-19(25)14-11-20-23-8-7-13(26-3)10-15(14)23/h7-11,16H,4-6H2,1-3H3,(H,21,22,24). The molecule has 9 heteroatoms. The van der Waals surface area contributed by atoms with Gasteiger partial charge in [-0.05, 0) is 25.8 Å². The van der Waals surface area contributed by atoms with Gasteiger partial charge >= 0.3 is 5.97 Å². The fraction of sp³-hybridized carbons (Fsp3) is 0.368. The summed E-state index contributed by atoms with van der Waals surface area (Å²) in [5, 5.41) is 10.5. The molecule has 28 heavy (non-hydrogen) atoms. The minimum Gasteiger partial charge on any atom is -0.497 e. The summed E-state index contributed by atoms with van der Waals surface area (Å²) in [5.74, 6) is 0.349. The van der Waals surface area contributed by atoms with E-state index in [-0.39, 0.29) is 11.4 Å². The van der Waals surface area contributed by atoms with Crippen molar-refractivity contribution in [2.24, 2.45) is 0 Å². The number of anilines is 1. The van der Waals surface area contributed by atoms with Crippen molar-refractivity contribution in [1.29, 1.82) is 0 Å². The Hall–Kier alpha value is -3.36. The van der Waals surface area contributed by atoms with Crippen LogP contribution in [0.1, 0.15) is 42.3 Å². The van der Waals surface area contributed by atoms with Crippen molar-refractivity contribution in [3.8, 4) is 5.75 Å². The molecule has 3 rings (SSSR count). The van der Waals surface area contributed by atoms with Crippen LogP contribution in [0.15, 0.2) is 35.1 Å². The first-order chi connectivity index (χ1) is 13.5. The first kappa shape index (κ1) is 19.4. The van der Waals surface area contributed by atoms with Crippen molar-refractivity contribution in [2.75, 3.05) is 12.4 Å². The Bertz CT molecular complexity index is 978. The van der Waals surface area contributed by atoms with Crippen LogP contribution in [0.4, 0.5) is 5.82 Å². The van der Waals surface area contributed by atoms with Crippen LogP contribution >= 0.6 is 0 Å². The van der Waals surface area contributed by atoms with Gasteiger partial charge in [-0.25, -0.2) is 9.31 Å². The van der Waals surface area contributed by atoms with E-state index in [1.54, 1.807) is 35.8 Å². The second kappa shape index (κ2) is 8.55. The number of aromatic nitrogens is 3. The minimum absolute atomic E-state index is 0.255. The Morgan fingerprint density at radius 1 is 1.36 bits per heavy atom. The zero-order valence-electron chi connectivity index (χ0n) is 16.0. The molecule has 0 aliphatic carbocycles. The maximum Gasteiger partial charge on any atom is 0.342 e. The number of carbonyl (C=O) groups excluding carboxylic acids is 2. The Labute approximate surface area is 161 Å². The predicted octanol–water partition coefficient (Wildman–Crippen LogP) is 2.99. The van der Waals surface area contributed by atoms with Crippen LogP contribution in [-0.4, -0.2) is 39.9 Å². The number of rotatable bonds is 8. The molecule has 1 atom stereocenters. The zero-order chi connectivity index (χ0) is 20.1. The lowest BCUT2D eigenvalue weighted by Crippen LogP contribution is -2.32. The summed E-state index contributed by atoms with van der Waals surface area (Å²) in [6.07, 6.45) is 4.12. The molecule has 0 saturated carbocycles. The molecule has 0 aliphatic heterocycles. The molecule has 3 aromatic rings. The number of hydrogen-bond acceptors (Lipinski definition) is 7. The highest BCUT2D eigenvalue weighted by molar-refractivity contribution is 6.00. The van der Waals surface area contributed by atoms with Crippen molar-refractivity contribution in [1.82, 2.24) is 14.8 Å². The van der Waals surface area contributed by atoms with Gasteiger partial charge in [-0.15, -0.1) is 0 Å². The number of esters is 1. The molecule has 0 aliphatic rings. The average Bonchev–Trinajstić information content (AvgIpc) is 3.30. The van der Waals surface area contributed by atoms with E-state index >= 15 is 0 Å². The summed E-state index contributed by atoms with van der Waals surface area (Å²) >= 11 is 0. The van der Waals surface area contributed by atoms with Gasteiger partial charge in [0.25, 0.3) is 5.91 Å². The molecule has 0 saturated heterocycles. The number of methoxy groups -OCH3 is 1. The number of fused-ring (bicyclic) bond motifs is 1. The number of hydrogen-bond donors (Lipinski definition) is 1. The Morgan fingerprint density at radius 2 is 2.18 bits per heavy atom.